The van der Waals surface area contributed by atoms with E-state index in [-0.39, 0.29) is 11.3 Å². The van der Waals surface area contributed by atoms with Gasteiger partial charge in [-0.25, -0.2) is 4.98 Å². The summed E-state index contributed by atoms with van der Waals surface area (Å²) in [6.45, 7) is 7.16. The summed E-state index contributed by atoms with van der Waals surface area (Å²) in [7, 11) is 0. The van der Waals surface area contributed by atoms with E-state index in [1.54, 1.807) is 6.33 Å². The lowest BCUT2D eigenvalue weighted by atomic mass is 9.86. The van der Waals surface area contributed by atoms with Crippen LogP contribution < -0.4 is 10.6 Å². The Labute approximate surface area is 102 Å². The molecule has 17 heavy (non-hydrogen) atoms. The number of nitrogens with zero attached hydrogens (tertiary/aromatic N) is 2. The predicted octanol–water partition coefficient (Wildman–Crippen LogP) is 0.270. The molecule has 0 aliphatic carbocycles. The molecule has 0 radical (unpaired) electrons. The number of amides is 1. The highest BCUT2D eigenvalue weighted by atomic mass is 16.1. The maximum Gasteiger partial charge on any atom is 0.239 e. The number of imidazole rings is 1. The fraction of sp³-hybridized carbons (Fsp3) is 0.667. The minimum absolute atomic E-state index is 0.0429. The van der Waals surface area contributed by atoms with Gasteiger partial charge in [-0.1, -0.05) is 6.92 Å². The summed E-state index contributed by atoms with van der Waals surface area (Å²) in [5.41, 5.74) is 1.25. The molecule has 1 amide bonds. The topological polar surface area (TPSA) is 59.0 Å². The van der Waals surface area contributed by atoms with Crippen molar-refractivity contribution in [2.75, 3.05) is 19.6 Å². The molecule has 0 spiro atoms. The van der Waals surface area contributed by atoms with Crippen molar-refractivity contribution in [2.45, 2.75) is 32.2 Å². The van der Waals surface area contributed by atoms with E-state index in [0.717, 1.165) is 25.2 Å². The molecule has 1 unspecified atom stereocenters. The van der Waals surface area contributed by atoms with Gasteiger partial charge in [-0.3, -0.25) is 4.79 Å². The zero-order valence-electron chi connectivity index (χ0n) is 10.5. The third-order valence-electron chi connectivity index (χ3n) is 3.39. The summed E-state index contributed by atoms with van der Waals surface area (Å²) in [5.74, 6) is 0.0429. The molecule has 2 heterocycles. The van der Waals surface area contributed by atoms with Gasteiger partial charge in [0.1, 0.15) is 6.54 Å². The minimum atomic E-state index is 0.0429. The lowest BCUT2D eigenvalue weighted by Crippen LogP contribution is -2.32. The Morgan fingerprint density at radius 1 is 1.71 bits per heavy atom. The fourth-order valence-corrected chi connectivity index (χ4v) is 2.39. The minimum Gasteiger partial charge on any atom is -0.355 e. The van der Waals surface area contributed by atoms with Crippen LogP contribution >= 0.6 is 0 Å². The maximum absolute atomic E-state index is 11.6. The highest BCUT2D eigenvalue weighted by Gasteiger charge is 2.33. The van der Waals surface area contributed by atoms with E-state index in [0.29, 0.717) is 13.1 Å². The van der Waals surface area contributed by atoms with E-state index in [4.69, 9.17) is 0 Å². The van der Waals surface area contributed by atoms with E-state index >= 15 is 0 Å². The Bertz CT molecular complexity index is 393. The molecule has 1 aliphatic heterocycles. The Kier molecular flexibility index (Phi) is 3.47. The molecule has 0 saturated carbocycles. The van der Waals surface area contributed by atoms with Crippen molar-refractivity contribution in [3.8, 4) is 0 Å². The van der Waals surface area contributed by atoms with E-state index in [2.05, 4.69) is 22.5 Å². The second-order valence-electron chi connectivity index (χ2n) is 4.85. The zero-order valence-corrected chi connectivity index (χ0v) is 10.5. The summed E-state index contributed by atoms with van der Waals surface area (Å²) >= 11 is 0. The van der Waals surface area contributed by atoms with Crippen molar-refractivity contribution in [1.29, 1.82) is 0 Å². The van der Waals surface area contributed by atoms with Crippen molar-refractivity contribution >= 4 is 5.91 Å². The molecule has 1 saturated heterocycles. The monoisotopic (exact) mass is 236 g/mol. The molecular formula is C12H20N4O. The van der Waals surface area contributed by atoms with Crippen molar-refractivity contribution in [1.82, 2.24) is 20.2 Å². The van der Waals surface area contributed by atoms with Gasteiger partial charge < -0.3 is 15.2 Å². The average molecular weight is 236 g/mol. The maximum atomic E-state index is 11.6. The Morgan fingerprint density at radius 3 is 3.18 bits per heavy atom. The van der Waals surface area contributed by atoms with E-state index < -0.39 is 0 Å². The third-order valence-corrected chi connectivity index (χ3v) is 3.39. The number of likely N-dealkylation sites (N-methyl/N-ethyl adjacent to an activating group) is 1. The SMILES string of the molecule is CCNC(=O)Cn1cncc1C1(C)CCNC1. The smallest absolute Gasteiger partial charge is 0.239 e. The molecule has 1 aromatic heterocycles. The van der Waals surface area contributed by atoms with E-state index in [1.165, 1.54) is 0 Å². The second-order valence-corrected chi connectivity index (χ2v) is 4.85. The highest BCUT2D eigenvalue weighted by Crippen LogP contribution is 2.29. The van der Waals surface area contributed by atoms with Crippen molar-refractivity contribution in [2.24, 2.45) is 0 Å². The predicted molar refractivity (Wildman–Crippen MR) is 65.7 cm³/mol. The molecule has 2 N–H and O–H groups in total. The molecule has 5 heteroatoms. The van der Waals surface area contributed by atoms with Crippen LogP contribution in [-0.2, 0) is 16.8 Å². The van der Waals surface area contributed by atoms with Crippen LogP contribution in [0.2, 0.25) is 0 Å². The van der Waals surface area contributed by atoms with Crippen LogP contribution in [0.4, 0.5) is 0 Å². The number of hydrogen-bond donors (Lipinski definition) is 2. The van der Waals surface area contributed by atoms with Gasteiger partial charge in [0.2, 0.25) is 5.91 Å². The normalized spacial score (nSPS) is 23.9. The molecule has 2 rings (SSSR count). The number of carbonyl (C=O) groups excluding carboxylic acids is 1. The van der Waals surface area contributed by atoms with Gasteiger partial charge in [-0.15, -0.1) is 0 Å². The fourth-order valence-electron chi connectivity index (χ4n) is 2.39. The highest BCUT2D eigenvalue weighted by molar-refractivity contribution is 5.75. The molecule has 0 bridgehead atoms. The Morgan fingerprint density at radius 2 is 2.53 bits per heavy atom. The van der Waals surface area contributed by atoms with Gasteiger partial charge in [0.25, 0.3) is 0 Å². The molecule has 1 aliphatic rings. The van der Waals surface area contributed by atoms with Crippen LogP contribution in [0.3, 0.4) is 0 Å². The molecule has 1 atom stereocenters. The van der Waals surface area contributed by atoms with E-state index in [9.17, 15) is 4.79 Å². The molecule has 1 fully saturated rings. The number of nitrogens with one attached hydrogen (secondary N) is 2. The van der Waals surface area contributed by atoms with Crippen molar-refractivity contribution in [3.05, 3.63) is 18.2 Å². The number of carbonyl (C=O) groups is 1. The quantitative estimate of drug-likeness (QED) is 0.789. The number of rotatable bonds is 4. The molecule has 1 aromatic rings. The molecule has 5 nitrogen and oxygen atoms in total. The summed E-state index contributed by atoms with van der Waals surface area (Å²) in [6.07, 6.45) is 4.72. The Hall–Kier alpha value is -1.36. The lowest BCUT2D eigenvalue weighted by Gasteiger charge is -2.24. The van der Waals surface area contributed by atoms with E-state index in [1.807, 2.05) is 17.7 Å². The summed E-state index contributed by atoms with van der Waals surface area (Å²) in [6, 6.07) is 0. The first kappa shape index (κ1) is 12.1. The lowest BCUT2D eigenvalue weighted by molar-refractivity contribution is -0.121. The van der Waals surface area contributed by atoms with Crippen molar-refractivity contribution in [3.63, 3.8) is 0 Å². The molecular weight excluding hydrogens is 216 g/mol. The summed E-state index contributed by atoms with van der Waals surface area (Å²) in [5, 5.41) is 6.18. The van der Waals surface area contributed by atoms with Crippen LogP contribution in [0.1, 0.15) is 26.0 Å². The first-order chi connectivity index (χ1) is 8.15. The van der Waals surface area contributed by atoms with Crippen LogP contribution in [0.5, 0.6) is 0 Å². The first-order valence-corrected chi connectivity index (χ1v) is 6.14. The third kappa shape index (κ3) is 2.49. The second kappa shape index (κ2) is 4.87. The number of hydrogen-bond acceptors (Lipinski definition) is 3. The van der Waals surface area contributed by atoms with Crippen LogP contribution in [0, 0.1) is 0 Å². The zero-order chi connectivity index (χ0) is 12.3. The van der Waals surface area contributed by atoms with Gasteiger partial charge >= 0.3 is 0 Å². The van der Waals surface area contributed by atoms with Crippen LogP contribution in [-0.4, -0.2) is 35.1 Å². The summed E-state index contributed by atoms with van der Waals surface area (Å²) in [4.78, 5) is 15.8. The first-order valence-electron chi connectivity index (χ1n) is 6.14. The standard InChI is InChI=1S/C12H20N4O/c1-3-15-11(17)7-16-9-14-6-10(16)12(2)4-5-13-8-12/h6,9,13H,3-5,7-8H2,1-2H3,(H,15,17). The number of aromatic nitrogens is 2. The molecule has 94 valence electrons. The van der Waals surface area contributed by atoms with Gasteiger partial charge in [0.05, 0.1) is 6.33 Å². The van der Waals surface area contributed by atoms with Crippen LogP contribution in [0.15, 0.2) is 12.5 Å². The van der Waals surface area contributed by atoms with Gasteiger partial charge in [0.15, 0.2) is 0 Å². The van der Waals surface area contributed by atoms with Gasteiger partial charge in [0, 0.05) is 30.4 Å². The Balaban J connectivity index is 2.14. The summed E-state index contributed by atoms with van der Waals surface area (Å²) < 4.78 is 1.96. The largest absolute Gasteiger partial charge is 0.355 e. The van der Waals surface area contributed by atoms with Crippen molar-refractivity contribution < 1.29 is 4.79 Å². The average Bonchev–Trinajstić information content (AvgIpc) is 2.88. The van der Waals surface area contributed by atoms with Gasteiger partial charge in [-0.2, -0.15) is 0 Å². The van der Waals surface area contributed by atoms with Gasteiger partial charge in [-0.05, 0) is 19.9 Å². The van der Waals surface area contributed by atoms with Crippen LogP contribution in [0.25, 0.3) is 0 Å². The molecule has 0 aromatic carbocycles.